The first-order valence-electron chi connectivity index (χ1n) is 6.97. The molecule has 7 nitrogen and oxygen atoms in total. The highest BCUT2D eigenvalue weighted by atomic mass is 32.2. The van der Waals surface area contributed by atoms with Crippen molar-refractivity contribution in [2.45, 2.75) is 19.0 Å². The topological polar surface area (TPSA) is 96.4 Å². The van der Waals surface area contributed by atoms with E-state index in [9.17, 15) is 18.0 Å². The first-order chi connectivity index (χ1) is 10.8. The molecule has 1 aromatic heterocycles. The molecule has 0 radical (unpaired) electrons. The van der Waals surface area contributed by atoms with Gasteiger partial charge < -0.3 is 5.32 Å². The van der Waals surface area contributed by atoms with Crippen LogP contribution in [0.15, 0.2) is 24.3 Å². The second-order valence-electron chi connectivity index (χ2n) is 5.42. The number of benzene rings is 1. The number of fused-ring (bicyclic) bond motifs is 1. The fourth-order valence-corrected chi connectivity index (χ4v) is 4.00. The number of aromatic nitrogens is 1. The van der Waals surface area contributed by atoms with E-state index in [1.807, 2.05) is 24.3 Å². The van der Waals surface area contributed by atoms with Crippen molar-refractivity contribution >= 4 is 43.3 Å². The molecule has 0 spiro atoms. The van der Waals surface area contributed by atoms with Gasteiger partial charge in [-0.05, 0) is 18.6 Å². The van der Waals surface area contributed by atoms with Crippen LogP contribution >= 0.6 is 11.3 Å². The molecule has 1 atom stereocenters. The number of thiazole rings is 1. The van der Waals surface area contributed by atoms with E-state index >= 15 is 0 Å². The number of sulfone groups is 1. The van der Waals surface area contributed by atoms with Crippen molar-refractivity contribution in [2.75, 3.05) is 12.0 Å². The lowest BCUT2D eigenvalue weighted by Crippen LogP contribution is -2.32. The van der Waals surface area contributed by atoms with Gasteiger partial charge in [-0.15, -0.1) is 11.3 Å². The van der Waals surface area contributed by atoms with Crippen molar-refractivity contribution in [3.63, 3.8) is 0 Å². The van der Waals surface area contributed by atoms with Crippen molar-refractivity contribution in [1.29, 1.82) is 0 Å². The Hall–Kier alpha value is -2.00. The highest BCUT2D eigenvalue weighted by Gasteiger charge is 2.38. The molecule has 1 aliphatic rings. The van der Waals surface area contributed by atoms with Crippen LogP contribution in [0.3, 0.4) is 0 Å². The molecule has 3 amide bonds. The molecule has 0 unspecified atom stereocenters. The van der Waals surface area contributed by atoms with E-state index in [0.29, 0.717) is 5.01 Å². The first-order valence-corrected chi connectivity index (χ1v) is 9.85. The van der Waals surface area contributed by atoms with E-state index in [0.717, 1.165) is 21.4 Å². The summed E-state index contributed by atoms with van der Waals surface area (Å²) < 4.78 is 23.4. The largest absolute Gasteiger partial charge is 0.326 e. The molecule has 0 bridgehead atoms. The van der Waals surface area contributed by atoms with Gasteiger partial charge in [0.15, 0.2) is 0 Å². The van der Waals surface area contributed by atoms with Crippen molar-refractivity contribution in [1.82, 2.24) is 15.2 Å². The fraction of sp³-hybridized carbons (Fsp3) is 0.357. The van der Waals surface area contributed by atoms with E-state index in [4.69, 9.17) is 0 Å². The Morgan fingerprint density at radius 2 is 2.04 bits per heavy atom. The van der Waals surface area contributed by atoms with Gasteiger partial charge in [-0.3, -0.25) is 9.69 Å². The molecule has 23 heavy (non-hydrogen) atoms. The average Bonchev–Trinajstić information content (AvgIpc) is 3.00. The quantitative estimate of drug-likeness (QED) is 0.814. The number of urea groups is 1. The number of amides is 3. The maximum atomic E-state index is 12.3. The smallest absolute Gasteiger partial charge is 0.325 e. The van der Waals surface area contributed by atoms with Crippen molar-refractivity contribution in [2.24, 2.45) is 0 Å². The zero-order valence-corrected chi connectivity index (χ0v) is 14.0. The molecule has 1 saturated heterocycles. The molecule has 3 rings (SSSR count). The zero-order chi connectivity index (χ0) is 16.6. The van der Waals surface area contributed by atoms with Gasteiger partial charge in [0.2, 0.25) is 0 Å². The van der Waals surface area contributed by atoms with Gasteiger partial charge in [-0.1, -0.05) is 12.1 Å². The zero-order valence-electron chi connectivity index (χ0n) is 12.4. The highest BCUT2D eigenvalue weighted by Crippen LogP contribution is 2.24. The minimum atomic E-state index is -3.18. The molecule has 1 fully saturated rings. The fourth-order valence-electron chi connectivity index (χ4n) is 2.38. The molecular weight excluding hydrogens is 338 g/mol. The summed E-state index contributed by atoms with van der Waals surface area (Å²) in [7, 11) is -3.18. The summed E-state index contributed by atoms with van der Waals surface area (Å²) >= 11 is 1.43. The Labute approximate surface area is 137 Å². The number of rotatable bonds is 5. The lowest BCUT2D eigenvalue weighted by Gasteiger charge is -2.10. The van der Waals surface area contributed by atoms with Gasteiger partial charge in [0.1, 0.15) is 20.9 Å². The van der Waals surface area contributed by atoms with Crippen LogP contribution in [0.1, 0.15) is 11.4 Å². The first kappa shape index (κ1) is 15.9. The Bertz CT molecular complexity index is 842. The second-order valence-corrected chi connectivity index (χ2v) is 8.80. The van der Waals surface area contributed by atoms with Gasteiger partial charge in [0.25, 0.3) is 5.91 Å². The van der Waals surface area contributed by atoms with E-state index < -0.39 is 27.8 Å². The Morgan fingerprint density at radius 1 is 1.30 bits per heavy atom. The lowest BCUT2D eigenvalue weighted by molar-refractivity contribution is -0.127. The minimum Gasteiger partial charge on any atom is -0.326 e. The molecule has 1 aromatic carbocycles. The number of imide groups is 1. The number of nitrogens with zero attached hydrogens (tertiary/aromatic N) is 2. The second kappa shape index (κ2) is 5.89. The Morgan fingerprint density at radius 3 is 2.74 bits per heavy atom. The molecule has 1 N–H and O–H groups in total. The van der Waals surface area contributed by atoms with Crippen molar-refractivity contribution in [3.8, 4) is 0 Å². The molecule has 0 aliphatic carbocycles. The summed E-state index contributed by atoms with van der Waals surface area (Å²) in [5.74, 6) is -0.545. The van der Waals surface area contributed by atoms with Crippen LogP contribution in [-0.2, 0) is 21.2 Å². The van der Waals surface area contributed by atoms with Crippen LogP contribution < -0.4 is 5.32 Å². The summed E-state index contributed by atoms with van der Waals surface area (Å²) in [6.45, 7) is 0.0966. The third-order valence-electron chi connectivity index (χ3n) is 3.52. The van der Waals surface area contributed by atoms with E-state index in [1.165, 1.54) is 11.3 Å². The monoisotopic (exact) mass is 353 g/mol. The van der Waals surface area contributed by atoms with Crippen molar-refractivity contribution in [3.05, 3.63) is 29.3 Å². The molecular formula is C14H15N3O4S2. The highest BCUT2D eigenvalue weighted by molar-refractivity contribution is 7.90. The van der Waals surface area contributed by atoms with E-state index in [-0.39, 0.29) is 18.7 Å². The maximum Gasteiger partial charge on any atom is 0.325 e. The SMILES string of the molecule is CS(=O)(=O)CC[C@H]1NC(=O)N(Cc2nc3ccccc3s2)C1=O. The molecule has 122 valence electrons. The van der Waals surface area contributed by atoms with Gasteiger partial charge in [-0.2, -0.15) is 0 Å². The third-order valence-corrected chi connectivity index (χ3v) is 5.51. The van der Waals surface area contributed by atoms with Crippen LogP contribution in [-0.4, -0.2) is 48.3 Å². The average molecular weight is 353 g/mol. The Kier molecular flexibility index (Phi) is 4.07. The number of carbonyl (C=O) groups excluding carboxylic acids is 2. The van der Waals surface area contributed by atoms with Crippen LogP contribution in [0.4, 0.5) is 4.79 Å². The van der Waals surface area contributed by atoms with Crippen LogP contribution in [0, 0.1) is 0 Å². The summed E-state index contributed by atoms with van der Waals surface area (Å²) in [5.41, 5.74) is 0.827. The van der Waals surface area contributed by atoms with Crippen LogP contribution in [0.5, 0.6) is 0 Å². The number of nitrogens with one attached hydrogen (secondary N) is 1. The van der Waals surface area contributed by atoms with Crippen molar-refractivity contribution < 1.29 is 18.0 Å². The predicted molar refractivity (Wildman–Crippen MR) is 86.8 cm³/mol. The predicted octanol–water partition coefficient (Wildman–Crippen LogP) is 1.15. The summed E-state index contributed by atoms with van der Waals surface area (Å²) in [4.78, 5) is 29.7. The molecule has 2 heterocycles. The normalized spacial score (nSPS) is 18.7. The van der Waals surface area contributed by atoms with Gasteiger partial charge in [-0.25, -0.2) is 18.2 Å². The van der Waals surface area contributed by atoms with Gasteiger partial charge in [0.05, 0.1) is 22.5 Å². The van der Waals surface area contributed by atoms with Gasteiger partial charge in [0, 0.05) is 6.26 Å². The van der Waals surface area contributed by atoms with Gasteiger partial charge >= 0.3 is 6.03 Å². The summed E-state index contributed by atoms with van der Waals surface area (Å²) in [6.07, 6.45) is 1.19. The Balaban J connectivity index is 1.72. The number of hydrogen-bond acceptors (Lipinski definition) is 6. The number of carbonyl (C=O) groups is 2. The molecule has 2 aromatic rings. The van der Waals surface area contributed by atoms with E-state index in [1.54, 1.807) is 0 Å². The number of hydrogen-bond donors (Lipinski definition) is 1. The summed E-state index contributed by atoms with van der Waals surface area (Å²) in [5, 5.41) is 3.20. The molecule has 1 aliphatic heterocycles. The third kappa shape index (κ3) is 3.50. The molecule has 9 heteroatoms. The van der Waals surface area contributed by atoms with Crippen LogP contribution in [0.2, 0.25) is 0 Å². The summed E-state index contributed by atoms with van der Waals surface area (Å²) in [6, 6.07) is 6.28. The number of para-hydroxylation sites is 1. The molecule has 0 saturated carbocycles. The van der Waals surface area contributed by atoms with E-state index in [2.05, 4.69) is 10.3 Å². The maximum absolute atomic E-state index is 12.3. The standard InChI is InChI=1S/C14H15N3O4S2/c1-23(20,21)7-6-10-13(18)17(14(19)16-10)8-12-15-9-4-2-3-5-11(9)22-12/h2-5,10H,6-8H2,1H3,(H,16,19)/t10-/m1/s1. The van der Waals surface area contributed by atoms with Crippen LogP contribution in [0.25, 0.3) is 10.2 Å². The minimum absolute atomic E-state index is 0.0831. The lowest BCUT2D eigenvalue weighted by atomic mass is 10.2.